The van der Waals surface area contributed by atoms with Gasteiger partial charge in [-0.05, 0) is 41.5 Å². The van der Waals surface area contributed by atoms with Crippen LogP contribution in [0.1, 0.15) is 27.0 Å². The number of hydrogen-bond acceptors (Lipinski definition) is 5. The number of ether oxygens (including phenoxy) is 2. The van der Waals surface area contributed by atoms with Crippen molar-refractivity contribution >= 4 is 12.2 Å². The number of rotatable bonds is 9. The van der Waals surface area contributed by atoms with Crippen LogP contribution in [0.4, 0.5) is 0 Å². The molecule has 3 rings (SSSR count). The first-order chi connectivity index (χ1) is 14.2. The van der Waals surface area contributed by atoms with Crippen molar-refractivity contribution in [3.8, 4) is 11.5 Å². The predicted octanol–water partition coefficient (Wildman–Crippen LogP) is 4.52. The molecule has 1 N–H and O–H groups in total. The Morgan fingerprint density at radius 3 is 2.34 bits per heavy atom. The fourth-order valence-corrected chi connectivity index (χ4v) is 2.57. The molecule has 148 valence electrons. The number of aromatic carboxylic acids is 1. The Hall–Kier alpha value is -3.80. The second-order valence-corrected chi connectivity index (χ2v) is 6.19. The molecule has 0 atom stereocenters. The SMILES string of the molecule is COc1cc(C=NOCc2ccccc2)ccc1OCc1ccc(C(=O)O)cc1. The molecule has 0 unspecified atom stereocenters. The summed E-state index contributed by atoms with van der Waals surface area (Å²) < 4.78 is 11.2. The number of oxime groups is 1. The van der Waals surface area contributed by atoms with Gasteiger partial charge in [0.05, 0.1) is 18.9 Å². The third-order valence-corrected chi connectivity index (χ3v) is 4.13. The zero-order valence-electron chi connectivity index (χ0n) is 15.9. The summed E-state index contributed by atoms with van der Waals surface area (Å²) >= 11 is 0. The first kappa shape index (κ1) is 19.9. The molecule has 3 aromatic rings. The molecule has 0 amide bonds. The lowest BCUT2D eigenvalue weighted by Gasteiger charge is -2.11. The van der Waals surface area contributed by atoms with E-state index in [1.165, 1.54) is 0 Å². The molecule has 0 bridgehead atoms. The average molecular weight is 391 g/mol. The summed E-state index contributed by atoms with van der Waals surface area (Å²) in [7, 11) is 1.57. The summed E-state index contributed by atoms with van der Waals surface area (Å²) in [5.74, 6) is 0.195. The van der Waals surface area contributed by atoms with Gasteiger partial charge in [-0.3, -0.25) is 0 Å². The Morgan fingerprint density at radius 1 is 0.931 bits per heavy atom. The van der Waals surface area contributed by atoms with Crippen molar-refractivity contribution in [1.82, 2.24) is 0 Å². The van der Waals surface area contributed by atoms with E-state index in [2.05, 4.69) is 5.16 Å². The summed E-state index contributed by atoms with van der Waals surface area (Å²) in [5, 5.41) is 12.9. The van der Waals surface area contributed by atoms with Crippen molar-refractivity contribution in [1.29, 1.82) is 0 Å². The van der Waals surface area contributed by atoms with Crippen molar-refractivity contribution in [2.45, 2.75) is 13.2 Å². The second kappa shape index (κ2) is 9.94. The van der Waals surface area contributed by atoms with E-state index < -0.39 is 5.97 Å². The first-order valence-corrected chi connectivity index (χ1v) is 8.98. The van der Waals surface area contributed by atoms with Crippen LogP contribution in [-0.2, 0) is 18.1 Å². The van der Waals surface area contributed by atoms with Gasteiger partial charge in [0.25, 0.3) is 0 Å². The van der Waals surface area contributed by atoms with Crippen LogP contribution in [0.15, 0.2) is 78.0 Å². The van der Waals surface area contributed by atoms with Crippen molar-refractivity contribution in [2.24, 2.45) is 5.16 Å². The first-order valence-electron chi connectivity index (χ1n) is 8.98. The highest BCUT2D eigenvalue weighted by Gasteiger charge is 2.07. The fraction of sp³-hybridized carbons (Fsp3) is 0.130. The lowest BCUT2D eigenvalue weighted by Crippen LogP contribution is -2.00. The van der Waals surface area contributed by atoms with Gasteiger partial charge in [0.2, 0.25) is 0 Å². The van der Waals surface area contributed by atoms with Crippen LogP contribution < -0.4 is 9.47 Å². The number of carboxylic acids is 1. The third-order valence-electron chi connectivity index (χ3n) is 4.13. The maximum atomic E-state index is 10.9. The zero-order chi connectivity index (χ0) is 20.5. The zero-order valence-corrected chi connectivity index (χ0v) is 15.9. The molecule has 0 saturated carbocycles. The molecule has 6 nitrogen and oxygen atoms in total. The van der Waals surface area contributed by atoms with Gasteiger partial charge in [-0.15, -0.1) is 0 Å². The summed E-state index contributed by atoms with van der Waals surface area (Å²) in [4.78, 5) is 16.2. The van der Waals surface area contributed by atoms with E-state index >= 15 is 0 Å². The minimum atomic E-state index is -0.955. The van der Waals surface area contributed by atoms with Gasteiger partial charge in [-0.1, -0.05) is 47.6 Å². The topological polar surface area (TPSA) is 77.3 Å². The van der Waals surface area contributed by atoms with E-state index in [9.17, 15) is 4.79 Å². The van der Waals surface area contributed by atoms with Crippen LogP contribution in [0.2, 0.25) is 0 Å². The van der Waals surface area contributed by atoms with Crippen LogP contribution in [0.25, 0.3) is 0 Å². The molecule has 3 aromatic carbocycles. The molecule has 0 heterocycles. The molecule has 29 heavy (non-hydrogen) atoms. The van der Waals surface area contributed by atoms with E-state index in [0.717, 1.165) is 16.7 Å². The molecular weight excluding hydrogens is 370 g/mol. The van der Waals surface area contributed by atoms with Gasteiger partial charge >= 0.3 is 5.97 Å². The number of methoxy groups -OCH3 is 1. The van der Waals surface area contributed by atoms with Gasteiger partial charge in [0.1, 0.15) is 13.2 Å². The summed E-state index contributed by atoms with van der Waals surface area (Å²) in [6, 6.07) is 21.8. The quantitative estimate of drug-likeness (QED) is 0.429. The molecule has 6 heteroatoms. The predicted molar refractivity (Wildman–Crippen MR) is 110 cm³/mol. The third kappa shape index (κ3) is 5.84. The molecule has 0 aliphatic carbocycles. The molecule has 0 aromatic heterocycles. The highest BCUT2D eigenvalue weighted by atomic mass is 16.6. The standard InChI is InChI=1S/C23H21NO5/c1-27-22-13-19(14-24-29-16-17-5-3-2-4-6-17)9-12-21(22)28-15-18-7-10-20(11-8-18)23(25)26/h2-14H,15-16H2,1H3,(H,25,26). The van der Waals surface area contributed by atoms with Crippen molar-refractivity contribution in [2.75, 3.05) is 7.11 Å². The minimum Gasteiger partial charge on any atom is -0.493 e. The van der Waals surface area contributed by atoms with E-state index in [4.69, 9.17) is 19.4 Å². The fourth-order valence-electron chi connectivity index (χ4n) is 2.57. The number of nitrogens with zero attached hydrogens (tertiary/aromatic N) is 1. The Balaban J connectivity index is 1.57. The lowest BCUT2D eigenvalue weighted by atomic mass is 10.1. The second-order valence-electron chi connectivity index (χ2n) is 6.19. The normalized spacial score (nSPS) is 10.7. The number of hydrogen-bond donors (Lipinski definition) is 1. The summed E-state index contributed by atoms with van der Waals surface area (Å²) in [6.45, 7) is 0.695. The molecule has 0 spiro atoms. The summed E-state index contributed by atoms with van der Waals surface area (Å²) in [5.41, 5.74) is 2.96. The highest BCUT2D eigenvalue weighted by Crippen LogP contribution is 2.28. The number of benzene rings is 3. The maximum absolute atomic E-state index is 10.9. The van der Waals surface area contributed by atoms with Crippen LogP contribution in [-0.4, -0.2) is 24.4 Å². The monoisotopic (exact) mass is 391 g/mol. The van der Waals surface area contributed by atoms with Crippen LogP contribution in [0.3, 0.4) is 0 Å². The largest absolute Gasteiger partial charge is 0.493 e. The molecule has 0 aliphatic heterocycles. The van der Waals surface area contributed by atoms with E-state index in [0.29, 0.717) is 24.7 Å². The molecule has 0 fully saturated rings. The van der Waals surface area contributed by atoms with Gasteiger partial charge in [0, 0.05) is 5.56 Å². The lowest BCUT2D eigenvalue weighted by molar-refractivity contribution is 0.0697. The number of carbonyl (C=O) groups is 1. The van der Waals surface area contributed by atoms with Gasteiger partial charge in [-0.2, -0.15) is 0 Å². The van der Waals surface area contributed by atoms with Gasteiger partial charge in [-0.25, -0.2) is 4.79 Å². The smallest absolute Gasteiger partial charge is 0.335 e. The Morgan fingerprint density at radius 2 is 1.66 bits per heavy atom. The van der Waals surface area contributed by atoms with Crippen molar-refractivity contribution in [3.05, 3.63) is 95.1 Å². The van der Waals surface area contributed by atoms with Crippen LogP contribution in [0, 0.1) is 0 Å². The van der Waals surface area contributed by atoms with Crippen molar-refractivity contribution in [3.63, 3.8) is 0 Å². The molecule has 0 radical (unpaired) electrons. The highest BCUT2D eigenvalue weighted by molar-refractivity contribution is 5.87. The Bertz CT molecular complexity index is 968. The Labute approximate surface area is 169 Å². The molecule has 0 aliphatic rings. The Kier molecular flexibility index (Phi) is 6.84. The number of carboxylic acid groups (broad SMARTS) is 1. The maximum Gasteiger partial charge on any atom is 0.335 e. The van der Waals surface area contributed by atoms with Gasteiger partial charge < -0.3 is 19.4 Å². The van der Waals surface area contributed by atoms with Crippen LogP contribution in [0.5, 0.6) is 11.5 Å². The van der Waals surface area contributed by atoms with E-state index in [1.54, 1.807) is 49.7 Å². The van der Waals surface area contributed by atoms with E-state index in [-0.39, 0.29) is 5.56 Å². The summed E-state index contributed by atoms with van der Waals surface area (Å²) in [6.07, 6.45) is 1.61. The van der Waals surface area contributed by atoms with E-state index in [1.807, 2.05) is 36.4 Å². The molecule has 0 saturated heterocycles. The molecular formula is C23H21NO5. The average Bonchev–Trinajstić information content (AvgIpc) is 2.76. The van der Waals surface area contributed by atoms with Gasteiger partial charge in [0.15, 0.2) is 11.5 Å². The van der Waals surface area contributed by atoms with Crippen LogP contribution >= 0.6 is 0 Å². The minimum absolute atomic E-state index is 0.240. The van der Waals surface area contributed by atoms with Crippen molar-refractivity contribution < 1.29 is 24.2 Å².